The molecule has 0 heterocycles. The van der Waals surface area contributed by atoms with Crippen LogP contribution >= 0.6 is 0 Å². The quantitative estimate of drug-likeness (QED) is 0.297. The predicted octanol–water partition coefficient (Wildman–Crippen LogP) is 5.85. The molecule has 0 aliphatic heterocycles. The number of benzene rings is 1. The molecule has 0 fully saturated rings. The lowest BCUT2D eigenvalue weighted by Crippen LogP contribution is -1.97. The van der Waals surface area contributed by atoms with Crippen LogP contribution in [0.1, 0.15) is 70.8 Å². The van der Waals surface area contributed by atoms with Crippen molar-refractivity contribution in [3.8, 4) is 5.75 Å². The van der Waals surface area contributed by atoms with Crippen LogP contribution in [0.15, 0.2) is 35.6 Å². The average molecular weight is 330 g/mol. The number of ether oxygens (including phenoxy) is 1. The maximum atomic E-state index is 10.7. The molecule has 132 valence electrons. The zero-order chi connectivity index (χ0) is 17.6. The number of aliphatic carboxylic acids is 1. The highest BCUT2D eigenvalue weighted by atomic mass is 16.5. The highest BCUT2D eigenvalue weighted by molar-refractivity contribution is 5.86. The fraction of sp³-hybridized carbons (Fsp3) is 0.524. The Hall–Kier alpha value is -1.99. The predicted molar refractivity (Wildman–Crippen MR) is 99.3 cm³/mol. The van der Waals surface area contributed by atoms with Crippen LogP contribution in [0.3, 0.4) is 0 Å². The molecule has 0 saturated carbocycles. The van der Waals surface area contributed by atoms with Gasteiger partial charge in [0.2, 0.25) is 0 Å². The van der Waals surface area contributed by atoms with Crippen molar-refractivity contribution in [1.82, 2.24) is 0 Å². The van der Waals surface area contributed by atoms with Gasteiger partial charge >= 0.3 is 5.97 Å². The Morgan fingerprint density at radius 1 is 1.04 bits per heavy atom. The molecule has 0 aliphatic rings. The SMILES string of the molecule is CCCCCCCCCCOc1ccc(C=C=C(C)C(=O)O)cc1. The summed E-state index contributed by atoms with van der Waals surface area (Å²) in [5.41, 5.74) is 3.86. The van der Waals surface area contributed by atoms with Crippen molar-refractivity contribution in [3.05, 3.63) is 41.1 Å². The third kappa shape index (κ3) is 9.22. The Bertz CT molecular complexity index is 537. The maximum Gasteiger partial charge on any atom is 0.339 e. The lowest BCUT2D eigenvalue weighted by Gasteiger charge is -2.06. The first-order valence-electron chi connectivity index (χ1n) is 9.03. The first kappa shape index (κ1) is 20.1. The van der Waals surface area contributed by atoms with Crippen LogP contribution < -0.4 is 4.74 Å². The summed E-state index contributed by atoms with van der Waals surface area (Å²) >= 11 is 0. The minimum absolute atomic E-state index is 0.199. The molecule has 1 N–H and O–H groups in total. The topological polar surface area (TPSA) is 46.5 Å². The van der Waals surface area contributed by atoms with E-state index in [1.807, 2.05) is 24.3 Å². The van der Waals surface area contributed by atoms with Crippen molar-refractivity contribution in [3.63, 3.8) is 0 Å². The van der Waals surface area contributed by atoms with Crippen molar-refractivity contribution >= 4 is 12.0 Å². The highest BCUT2D eigenvalue weighted by Crippen LogP contribution is 2.14. The van der Waals surface area contributed by atoms with Gasteiger partial charge in [0.15, 0.2) is 0 Å². The van der Waals surface area contributed by atoms with E-state index >= 15 is 0 Å². The zero-order valence-corrected chi connectivity index (χ0v) is 15.0. The van der Waals surface area contributed by atoms with Crippen LogP contribution in [-0.2, 0) is 4.79 Å². The molecule has 0 saturated heterocycles. The van der Waals surface area contributed by atoms with Gasteiger partial charge in [-0.25, -0.2) is 4.79 Å². The van der Waals surface area contributed by atoms with Gasteiger partial charge in [-0.05, 0) is 37.1 Å². The molecule has 0 spiro atoms. The normalized spacial score (nSPS) is 10.1. The summed E-state index contributed by atoms with van der Waals surface area (Å²) in [5, 5.41) is 8.78. The second kappa shape index (κ2) is 12.4. The summed E-state index contributed by atoms with van der Waals surface area (Å²) in [6.45, 7) is 4.52. The van der Waals surface area contributed by atoms with E-state index in [1.165, 1.54) is 51.9 Å². The average Bonchev–Trinajstić information content (AvgIpc) is 2.59. The van der Waals surface area contributed by atoms with Crippen molar-refractivity contribution in [2.24, 2.45) is 0 Å². The second-order valence-corrected chi connectivity index (χ2v) is 6.11. The van der Waals surface area contributed by atoms with Crippen molar-refractivity contribution in [2.75, 3.05) is 6.61 Å². The Labute approximate surface area is 146 Å². The molecular weight excluding hydrogens is 300 g/mol. The maximum absolute atomic E-state index is 10.7. The molecule has 24 heavy (non-hydrogen) atoms. The first-order chi connectivity index (χ1) is 11.6. The minimum Gasteiger partial charge on any atom is -0.494 e. The molecule has 0 amide bonds. The molecule has 3 nitrogen and oxygen atoms in total. The number of hydrogen-bond acceptors (Lipinski definition) is 2. The molecule has 1 rings (SSSR count). The molecule has 1 aromatic rings. The van der Waals surface area contributed by atoms with Crippen LogP contribution in [0, 0.1) is 0 Å². The van der Waals surface area contributed by atoms with Gasteiger partial charge in [-0.1, -0.05) is 64.0 Å². The van der Waals surface area contributed by atoms with E-state index in [-0.39, 0.29) is 5.57 Å². The van der Waals surface area contributed by atoms with Crippen LogP contribution in [0.25, 0.3) is 6.08 Å². The number of carboxylic acids is 1. The number of carboxylic acid groups (broad SMARTS) is 1. The Balaban J connectivity index is 2.21. The molecule has 0 aromatic heterocycles. The molecule has 1 aromatic carbocycles. The van der Waals surface area contributed by atoms with Gasteiger partial charge in [-0.2, -0.15) is 0 Å². The number of rotatable bonds is 12. The van der Waals surface area contributed by atoms with Crippen LogP contribution in [0.5, 0.6) is 5.75 Å². The summed E-state index contributed by atoms with van der Waals surface area (Å²) in [7, 11) is 0. The fourth-order valence-corrected chi connectivity index (χ4v) is 2.34. The van der Waals surface area contributed by atoms with Crippen LogP contribution in [-0.4, -0.2) is 17.7 Å². The summed E-state index contributed by atoms with van der Waals surface area (Å²) in [5.74, 6) is -0.0920. The zero-order valence-electron chi connectivity index (χ0n) is 15.0. The third-order valence-electron chi connectivity index (χ3n) is 3.92. The minimum atomic E-state index is -0.948. The number of unbranched alkanes of at least 4 members (excludes halogenated alkanes) is 7. The fourth-order valence-electron chi connectivity index (χ4n) is 2.34. The van der Waals surface area contributed by atoms with Gasteiger partial charge < -0.3 is 9.84 Å². The molecule has 0 atom stereocenters. The number of hydrogen-bond donors (Lipinski definition) is 1. The van der Waals surface area contributed by atoms with Crippen molar-refractivity contribution in [1.29, 1.82) is 0 Å². The van der Waals surface area contributed by atoms with Crippen molar-refractivity contribution < 1.29 is 14.6 Å². The Morgan fingerprint density at radius 3 is 2.21 bits per heavy atom. The van der Waals surface area contributed by atoms with Gasteiger partial charge in [0.1, 0.15) is 5.75 Å². The van der Waals surface area contributed by atoms with E-state index in [1.54, 1.807) is 6.08 Å². The summed E-state index contributed by atoms with van der Waals surface area (Å²) in [6.07, 6.45) is 12.0. The standard InChI is InChI=1S/C21H30O3/c1-3-4-5-6-7-8-9-10-17-24-20-15-13-19(14-16-20)12-11-18(2)21(22)23/h12-16H,3-10,17H2,1-2H3,(H,22,23). The van der Waals surface area contributed by atoms with Gasteiger partial charge in [0.05, 0.1) is 12.2 Å². The summed E-state index contributed by atoms with van der Waals surface area (Å²) in [4.78, 5) is 10.7. The van der Waals surface area contributed by atoms with Gasteiger partial charge in [0.25, 0.3) is 0 Å². The summed E-state index contributed by atoms with van der Waals surface area (Å²) in [6, 6.07) is 7.64. The van der Waals surface area contributed by atoms with Crippen LogP contribution in [0.4, 0.5) is 0 Å². The van der Waals surface area contributed by atoms with Gasteiger partial charge in [-0.15, -0.1) is 5.73 Å². The van der Waals surface area contributed by atoms with E-state index in [2.05, 4.69) is 12.7 Å². The van der Waals surface area contributed by atoms with Crippen molar-refractivity contribution in [2.45, 2.75) is 65.2 Å². The van der Waals surface area contributed by atoms with E-state index in [4.69, 9.17) is 9.84 Å². The van der Waals surface area contributed by atoms with E-state index in [9.17, 15) is 4.79 Å². The molecule has 0 unspecified atom stereocenters. The Kier molecular flexibility index (Phi) is 10.4. The second-order valence-electron chi connectivity index (χ2n) is 6.11. The van der Waals surface area contributed by atoms with Gasteiger partial charge in [0, 0.05) is 0 Å². The molecule has 0 bridgehead atoms. The smallest absolute Gasteiger partial charge is 0.339 e. The number of carbonyl (C=O) groups is 1. The highest BCUT2D eigenvalue weighted by Gasteiger charge is 1.97. The van der Waals surface area contributed by atoms with E-state index in [0.717, 1.165) is 24.3 Å². The van der Waals surface area contributed by atoms with E-state index in [0.29, 0.717) is 0 Å². The molecule has 0 radical (unpaired) electrons. The largest absolute Gasteiger partial charge is 0.494 e. The molecular formula is C21H30O3. The lowest BCUT2D eigenvalue weighted by molar-refractivity contribution is -0.132. The molecule has 3 heteroatoms. The first-order valence-corrected chi connectivity index (χ1v) is 9.03. The monoisotopic (exact) mass is 330 g/mol. The summed E-state index contributed by atoms with van der Waals surface area (Å²) < 4.78 is 5.74. The Morgan fingerprint density at radius 2 is 1.62 bits per heavy atom. The lowest BCUT2D eigenvalue weighted by atomic mass is 10.1. The molecule has 0 aliphatic carbocycles. The van der Waals surface area contributed by atoms with Crippen LogP contribution in [0.2, 0.25) is 0 Å². The third-order valence-corrected chi connectivity index (χ3v) is 3.92. The van der Waals surface area contributed by atoms with E-state index < -0.39 is 5.97 Å². The van der Waals surface area contributed by atoms with Gasteiger partial charge in [-0.3, -0.25) is 0 Å².